The Morgan fingerprint density at radius 3 is 2.79 bits per heavy atom. The van der Waals surface area contributed by atoms with E-state index in [4.69, 9.17) is 4.74 Å². The molecule has 0 unspecified atom stereocenters. The monoisotopic (exact) mass is 259 g/mol. The summed E-state index contributed by atoms with van der Waals surface area (Å²) in [6.45, 7) is 3.68. The molecule has 0 aromatic carbocycles. The summed E-state index contributed by atoms with van der Waals surface area (Å²) in [5.41, 5.74) is 1.40. The highest BCUT2D eigenvalue weighted by atomic mass is 16.6. The minimum Gasteiger partial charge on any atom is -0.453 e. The highest BCUT2D eigenvalue weighted by Crippen LogP contribution is 2.25. The standard InChI is InChI=1S/C13H13N3O3/c1-3-10-8-11(6-7-14-10)19-12-4-5-13(16(17)18)15-9(12)2/h4-8H,3H2,1-2H3. The van der Waals surface area contributed by atoms with Crippen LogP contribution in [0.4, 0.5) is 5.82 Å². The minimum atomic E-state index is -0.529. The lowest BCUT2D eigenvalue weighted by Crippen LogP contribution is -1.96. The summed E-state index contributed by atoms with van der Waals surface area (Å²) in [5.74, 6) is 0.957. The zero-order chi connectivity index (χ0) is 13.8. The second-order valence-electron chi connectivity index (χ2n) is 3.95. The highest BCUT2D eigenvalue weighted by molar-refractivity contribution is 5.37. The van der Waals surface area contributed by atoms with E-state index >= 15 is 0 Å². The van der Waals surface area contributed by atoms with Gasteiger partial charge in [0.2, 0.25) is 0 Å². The first-order valence-electron chi connectivity index (χ1n) is 5.85. The van der Waals surface area contributed by atoms with Crippen LogP contribution in [-0.2, 0) is 6.42 Å². The van der Waals surface area contributed by atoms with Crippen molar-refractivity contribution in [3.8, 4) is 11.5 Å². The van der Waals surface area contributed by atoms with Crippen LogP contribution in [0.5, 0.6) is 11.5 Å². The van der Waals surface area contributed by atoms with Gasteiger partial charge in [0.15, 0.2) is 11.4 Å². The average Bonchev–Trinajstić information content (AvgIpc) is 2.41. The normalized spacial score (nSPS) is 10.2. The lowest BCUT2D eigenvalue weighted by Gasteiger charge is -2.06. The number of aromatic nitrogens is 2. The van der Waals surface area contributed by atoms with E-state index < -0.39 is 4.92 Å². The summed E-state index contributed by atoms with van der Waals surface area (Å²) in [6, 6.07) is 6.44. The van der Waals surface area contributed by atoms with E-state index in [0.717, 1.165) is 12.1 Å². The SMILES string of the molecule is CCc1cc(Oc2ccc([N+](=O)[O-])nc2C)ccn1. The molecule has 0 bridgehead atoms. The Kier molecular flexibility index (Phi) is 3.70. The van der Waals surface area contributed by atoms with Crippen LogP contribution < -0.4 is 4.74 Å². The Morgan fingerprint density at radius 1 is 1.37 bits per heavy atom. The third-order valence-corrected chi connectivity index (χ3v) is 2.59. The lowest BCUT2D eigenvalue weighted by atomic mass is 10.3. The number of aryl methyl sites for hydroxylation is 2. The second-order valence-corrected chi connectivity index (χ2v) is 3.95. The summed E-state index contributed by atoms with van der Waals surface area (Å²) in [4.78, 5) is 18.1. The first kappa shape index (κ1) is 12.9. The maximum absolute atomic E-state index is 10.6. The number of hydrogen-bond acceptors (Lipinski definition) is 5. The van der Waals surface area contributed by atoms with Crippen molar-refractivity contribution in [1.82, 2.24) is 9.97 Å². The second kappa shape index (κ2) is 5.43. The largest absolute Gasteiger partial charge is 0.453 e. The van der Waals surface area contributed by atoms with Crippen molar-refractivity contribution in [2.75, 3.05) is 0 Å². The van der Waals surface area contributed by atoms with Gasteiger partial charge in [0.1, 0.15) is 5.75 Å². The molecule has 0 amide bonds. The van der Waals surface area contributed by atoms with Crippen molar-refractivity contribution in [3.63, 3.8) is 0 Å². The van der Waals surface area contributed by atoms with Gasteiger partial charge in [-0.25, -0.2) is 0 Å². The van der Waals surface area contributed by atoms with Gasteiger partial charge in [0, 0.05) is 30.9 Å². The lowest BCUT2D eigenvalue weighted by molar-refractivity contribution is -0.389. The summed E-state index contributed by atoms with van der Waals surface area (Å²) in [5, 5.41) is 10.6. The molecule has 2 aromatic rings. The van der Waals surface area contributed by atoms with E-state index in [9.17, 15) is 10.1 Å². The molecule has 0 saturated carbocycles. The Bertz CT molecular complexity index is 614. The molecule has 0 fully saturated rings. The molecular weight excluding hydrogens is 246 g/mol. The van der Waals surface area contributed by atoms with Gasteiger partial charge >= 0.3 is 5.82 Å². The Morgan fingerprint density at radius 2 is 2.16 bits per heavy atom. The summed E-state index contributed by atoms with van der Waals surface area (Å²) in [7, 11) is 0. The van der Waals surface area contributed by atoms with E-state index in [1.54, 1.807) is 25.3 Å². The van der Waals surface area contributed by atoms with Gasteiger partial charge in [-0.05, 0) is 28.5 Å². The predicted molar refractivity (Wildman–Crippen MR) is 69.3 cm³/mol. The number of hydrogen-bond donors (Lipinski definition) is 0. The smallest absolute Gasteiger partial charge is 0.363 e. The first-order chi connectivity index (χ1) is 9.10. The van der Waals surface area contributed by atoms with Gasteiger partial charge in [-0.2, -0.15) is 0 Å². The van der Waals surface area contributed by atoms with Crippen LogP contribution in [0.1, 0.15) is 18.3 Å². The van der Waals surface area contributed by atoms with E-state index in [1.165, 1.54) is 6.07 Å². The Balaban J connectivity index is 2.25. The molecule has 0 spiro atoms. The quantitative estimate of drug-likeness (QED) is 0.622. The topological polar surface area (TPSA) is 78.2 Å². The molecule has 0 atom stereocenters. The maximum Gasteiger partial charge on any atom is 0.363 e. The van der Waals surface area contributed by atoms with Crippen molar-refractivity contribution >= 4 is 5.82 Å². The van der Waals surface area contributed by atoms with Crippen LogP contribution in [0, 0.1) is 17.0 Å². The van der Waals surface area contributed by atoms with Gasteiger partial charge < -0.3 is 14.9 Å². The highest BCUT2D eigenvalue weighted by Gasteiger charge is 2.13. The van der Waals surface area contributed by atoms with Gasteiger partial charge in [-0.1, -0.05) is 6.92 Å². The first-order valence-corrected chi connectivity index (χ1v) is 5.85. The van der Waals surface area contributed by atoms with Crippen LogP contribution >= 0.6 is 0 Å². The fourth-order valence-corrected chi connectivity index (χ4v) is 1.58. The molecule has 6 nitrogen and oxygen atoms in total. The number of rotatable bonds is 4. The zero-order valence-electron chi connectivity index (χ0n) is 10.7. The van der Waals surface area contributed by atoms with Crippen LogP contribution in [0.25, 0.3) is 0 Å². The van der Waals surface area contributed by atoms with Crippen LogP contribution in [0.2, 0.25) is 0 Å². The molecule has 6 heteroatoms. The van der Waals surface area contributed by atoms with E-state index in [0.29, 0.717) is 17.2 Å². The van der Waals surface area contributed by atoms with Gasteiger partial charge in [0.25, 0.3) is 0 Å². The van der Waals surface area contributed by atoms with Crippen molar-refractivity contribution in [1.29, 1.82) is 0 Å². The Labute approximate surface area is 110 Å². The predicted octanol–water partition coefficient (Wildman–Crippen LogP) is 3.05. The molecular formula is C13H13N3O3. The molecule has 19 heavy (non-hydrogen) atoms. The maximum atomic E-state index is 10.6. The van der Waals surface area contributed by atoms with Gasteiger partial charge in [-0.3, -0.25) is 4.98 Å². The molecule has 0 aliphatic rings. The summed E-state index contributed by atoms with van der Waals surface area (Å²) in [6.07, 6.45) is 2.48. The van der Waals surface area contributed by atoms with Gasteiger partial charge in [0.05, 0.1) is 0 Å². The van der Waals surface area contributed by atoms with Crippen molar-refractivity contribution in [3.05, 3.63) is 52.0 Å². The van der Waals surface area contributed by atoms with E-state index in [1.807, 2.05) is 13.0 Å². The molecule has 0 saturated heterocycles. The molecule has 98 valence electrons. The zero-order valence-corrected chi connectivity index (χ0v) is 10.7. The molecule has 0 aliphatic heterocycles. The molecule has 0 radical (unpaired) electrons. The van der Waals surface area contributed by atoms with E-state index in [-0.39, 0.29) is 5.82 Å². The minimum absolute atomic E-state index is 0.186. The summed E-state index contributed by atoms with van der Waals surface area (Å²) < 4.78 is 5.66. The fraction of sp³-hybridized carbons (Fsp3) is 0.231. The van der Waals surface area contributed by atoms with Crippen LogP contribution in [0.15, 0.2) is 30.5 Å². The van der Waals surface area contributed by atoms with Gasteiger partial charge in [-0.15, -0.1) is 0 Å². The number of nitrogens with zero attached hydrogens (tertiary/aromatic N) is 3. The molecule has 2 aromatic heterocycles. The summed E-state index contributed by atoms with van der Waals surface area (Å²) >= 11 is 0. The molecule has 2 rings (SSSR count). The third-order valence-electron chi connectivity index (χ3n) is 2.59. The van der Waals surface area contributed by atoms with Crippen LogP contribution in [-0.4, -0.2) is 14.9 Å². The van der Waals surface area contributed by atoms with Crippen molar-refractivity contribution in [2.24, 2.45) is 0 Å². The third kappa shape index (κ3) is 3.04. The fourth-order valence-electron chi connectivity index (χ4n) is 1.58. The van der Waals surface area contributed by atoms with Crippen molar-refractivity contribution < 1.29 is 9.66 Å². The number of nitro groups is 1. The number of ether oxygens (including phenoxy) is 1. The molecule has 0 aliphatic carbocycles. The van der Waals surface area contributed by atoms with E-state index in [2.05, 4.69) is 9.97 Å². The molecule has 0 N–H and O–H groups in total. The van der Waals surface area contributed by atoms with Crippen molar-refractivity contribution in [2.45, 2.75) is 20.3 Å². The van der Waals surface area contributed by atoms with Crippen LogP contribution in [0.3, 0.4) is 0 Å². The average molecular weight is 259 g/mol. The number of pyridine rings is 2. The Hall–Kier alpha value is -2.50. The molecule has 2 heterocycles.